The number of phosphoric ester groups is 1. The fourth-order valence-corrected chi connectivity index (χ4v) is 4.77. The van der Waals surface area contributed by atoms with Crippen LogP contribution in [0.1, 0.15) is 116 Å². The molecule has 0 aromatic rings. The minimum absolute atomic E-state index is 0.0387. The van der Waals surface area contributed by atoms with Crippen LogP contribution in [-0.4, -0.2) is 76.7 Å². The Kier molecular flexibility index (Phi) is 25.5. The number of allylic oxidation sites excluding steroid dienone is 2. The molecule has 0 saturated heterocycles. The monoisotopic (exact) mass is 564 g/mol. The number of likely N-dealkylation sites (N-methyl/N-ethyl adjacent to an activating group) is 1. The van der Waals surface area contributed by atoms with Gasteiger partial charge in [0, 0.05) is 13.7 Å². The van der Waals surface area contributed by atoms with Crippen LogP contribution in [0.25, 0.3) is 0 Å². The van der Waals surface area contributed by atoms with E-state index in [1.54, 1.807) is 7.11 Å². The molecule has 8 heteroatoms. The topological polar surface area (TPSA) is 74.2 Å². The van der Waals surface area contributed by atoms with Crippen molar-refractivity contribution >= 4 is 7.82 Å². The van der Waals surface area contributed by atoms with Crippen LogP contribution in [0.15, 0.2) is 12.2 Å². The molecule has 0 aliphatic heterocycles. The third-order valence-electron chi connectivity index (χ3n) is 6.63. The standard InChI is InChI=1S/C30H62NO6P/c1-6-7-8-9-10-11-12-13-14-15-16-17-18-19-20-21-22-23-24-26-35-28-30(34-5)29-37-38(32,33)36-27-25-31(2,3)4/h15-16,30H,6-14,17-29H2,1-5H3/p+1/t30-/m1/s1. The van der Waals surface area contributed by atoms with Gasteiger partial charge in [-0.25, -0.2) is 4.57 Å². The van der Waals surface area contributed by atoms with Crippen molar-refractivity contribution < 1.29 is 32.5 Å². The zero-order valence-corrected chi connectivity index (χ0v) is 26.6. The summed E-state index contributed by atoms with van der Waals surface area (Å²) in [5.41, 5.74) is 0. The van der Waals surface area contributed by atoms with Crippen molar-refractivity contribution in [2.45, 2.75) is 122 Å². The summed E-state index contributed by atoms with van der Waals surface area (Å²) in [6.45, 7) is 4.01. The normalized spacial score (nSPS) is 14.8. The molecule has 0 aromatic carbocycles. The Morgan fingerprint density at radius 1 is 0.711 bits per heavy atom. The molecule has 7 nitrogen and oxygen atoms in total. The highest BCUT2D eigenvalue weighted by Gasteiger charge is 2.24. The summed E-state index contributed by atoms with van der Waals surface area (Å²) in [4.78, 5) is 9.81. The van der Waals surface area contributed by atoms with E-state index in [9.17, 15) is 9.46 Å². The lowest BCUT2D eigenvalue weighted by Crippen LogP contribution is -2.37. The smallest absolute Gasteiger partial charge is 0.379 e. The third kappa shape index (κ3) is 28.7. The Labute approximate surface area is 235 Å². The van der Waals surface area contributed by atoms with Crippen LogP contribution in [0.3, 0.4) is 0 Å². The van der Waals surface area contributed by atoms with E-state index in [4.69, 9.17) is 18.5 Å². The van der Waals surface area contributed by atoms with Gasteiger partial charge >= 0.3 is 7.82 Å². The van der Waals surface area contributed by atoms with Gasteiger partial charge < -0.3 is 18.9 Å². The Hall–Kier alpha value is -0.270. The van der Waals surface area contributed by atoms with E-state index in [0.29, 0.717) is 24.2 Å². The molecule has 0 amide bonds. The van der Waals surface area contributed by atoms with Crippen LogP contribution in [0, 0.1) is 0 Å². The van der Waals surface area contributed by atoms with Crippen molar-refractivity contribution in [3.63, 3.8) is 0 Å². The van der Waals surface area contributed by atoms with Crippen LogP contribution in [-0.2, 0) is 23.1 Å². The number of unbranched alkanes of at least 4 members (excludes halogenated alkanes) is 15. The number of rotatable bonds is 29. The van der Waals surface area contributed by atoms with Crippen LogP contribution in [0.5, 0.6) is 0 Å². The molecule has 0 radical (unpaired) electrons. The summed E-state index contributed by atoms with van der Waals surface area (Å²) >= 11 is 0. The molecule has 1 unspecified atom stereocenters. The number of phosphoric acid groups is 1. The van der Waals surface area contributed by atoms with Crippen molar-refractivity contribution in [3.8, 4) is 0 Å². The second-order valence-electron chi connectivity index (χ2n) is 11.5. The first-order chi connectivity index (χ1) is 18.2. The predicted octanol–water partition coefficient (Wildman–Crippen LogP) is 8.07. The highest BCUT2D eigenvalue weighted by molar-refractivity contribution is 7.47. The van der Waals surface area contributed by atoms with Gasteiger partial charge in [-0.3, -0.25) is 9.05 Å². The minimum atomic E-state index is -4.08. The molecule has 0 saturated carbocycles. The largest absolute Gasteiger partial charge is 0.472 e. The highest BCUT2D eigenvalue weighted by atomic mass is 31.2. The molecule has 0 spiro atoms. The zero-order chi connectivity index (χ0) is 28.4. The number of ether oxygens (including phenoxy) is 2. The second-order valence-corrected chi connectivity index (χ2v) is 13.0. The van der Waals surface area contributed by atoms with Gasteiger partial charge in [-0.15, -0.1) is 0 Å². The molecular weight excluding hydrogens is 501 g/mol. The number of quaternary nitrogens is 1. The van der Waals surface area contributed by atoms with E-state index in [1.807, 2.05) is 21.1 Å². The van der Waals surface area contributed by atoms with Gasteiger partial charge in [0.05, 0.1) is 34.4 Å². The minimum Gasteiger partial charge on any atom is -0.379 e. The van der Waals surface area contributed by atoms with Gasteiger partial charge in [-0.05, 0) is 32.1 Å². The maximum atomic E-state index is 12.0. The van der Waals surface area contributed by atoms with Crippen molar-refractivity contribution in [3.05, 3.63) is 12.2 Å². The van der Waals surface area contributed by atoms with Gasteiger partial charge in [0.25, 0.3) is 0 Å². The molecular formula is C30H63NO6P+. The SMILES string of the molecule is CCCCCCCCCCC=CCCCCCCCCCOC[C@H](COP(=O)(O)OCC[N+](C)(C)C)OC. The van der Waals surface area contributed by atoms with E-state index in [1.165, 1.54) is 103 Å². The summed E-state index contributed by atoms with van der Waals surface area (Å²) < 4.78 is 33.7. The zero-order valence-electron chi connectivity index (χ0n) is 25.7. The van der Waals surface area contributed by atoms with E-state index >= 15 is 0 Å². The molecule has 0 heterocycles. The van der Waals surface area contributed by atoms with Crippen molar-refractivity contribution in [1.82, 2.24) is 0 Å². The van der Waals surface area contributed by atoms with E-state index in [2.05, 4.69) is 19.1 Å². The molecule has 0 aromatic heterocycles. The Morgan fingerprint density at radius 2 is 1.21 bits per heavy atom. The van der Waals surface area contributed by atoms with Crippen LogP contribution < -0.4 is 0 Å². The first-order valence-corrected chi connectivity index (χ1v) is 16.9. The van der Waals surface area contributed by atoms with Gasteiger partial charge in [-0.2, -0.15) is 0 Å². The van der Waals surface area contributed by atoms with Crippen LogP contribution in [0.2, 0.25) is 0 Å². The fourth-order valence-electron chi connectivity index (χ4n) is 4.03. The average Bonchev–Trinajstić information content (AvgIpc) is 2.85. The summed E-state index contributed by atoms with van der Waals surface area (Å²) in [6, 6.07) is 0. The second kappa shape index (κ2) is 25.7. The van der Waals surface area contributed by atoms with Crippen molar-refractivity contribution in [2.24, 2.45) is 0 Å². The molecule has 0 bridgehead atoms. The van der Waals surface area contributed by atoms with Gasteiger partial charge in [0.15, 0.2) is 0 Å². The van der Waals surface area contributed by atoms with E-state index < -0.39 is 13.9 Å². The summed E-state index contributed by atoms with van der Waals surface area (Å²) in [5, 5.41) is 0. The van der Waals surface area contributed by atoms with Crippen LogP contribution >= 0.6 is 7.82 Å². The average molecular weight is 565 g/mol. The quantitative estimate of drug-likeness (QED) is 0.0429. The number of hydrogen-bond acceptors (Lipinski definition) is 5. The lowest BCUT2D eigenvalue weighted by atomic mass is 10.1. The van der Waals surface area contributed by atoms with Crippen molar-refractivity contribution in [2.75, 3.05) is 61.2 Å². The summed E-state index contributed by atoms with van der Waals surface area (Å²) in [5.74, 6) is 0. The number of hydrogen-bond donors (Lipinski definition) is 1. The Morgan fingerprint density at radius 3 is 1.71 bits per heavy atom. The fraction of sp³-hybridized carbons (Fsp3) is 0.933. The van der Waals surface area contributed by atoms with Gasteiger partial charge in [0.1, 0.15) is 19.3 Å². The molecule has 228 valence electrons. The number of methoxy groups -OCH3 is 1. The lowest BCUT2D eigenvalue weighted by Gasteiger charge is -2.24. The molecule has 0 fully saturated rings. The summed E-state index contributed by atoms with van der Waals surface area (Å²) in [7, 11) is 3.44. The number of nitrogens with zero attached hydrogens (tertiary/aromatic N) is 1. The molecule has 38 heavy (non-hydrogen) atoms. The highest BCUT2D eigenvalue weighted by Crippen LogP contribution is 2.43. The van der Waals surface area contributed by atoms with Crippen molar-refractivity contribution in [1.29, 1.82) is 0 Å². The molecule has 0 aliphatic rings. The molecule has 0 aliphatic carbocycles. The van der Waals surface area contributed by atoms with Gasteiger partial charge in [-0.1, -0.05) is 96.1 Å². The molecule has 0 rings (SSSR count). The Bertz CT molecular complexity index is 582. The molecule has 2 atom stereocenters. The predicted molar refractivity (Wildman–Crippen MR) is 160 cm³/mol. The van der Waals surface area contributed by atoms with Crippen LogP contribution in [0.4, 0.5) is 0 Å². The third-order valence-corrected chi connectivity index (χ3v) is 7.61. The Balaban J connectivity index is 3.49. The molecule has 1 N–H and O–H groups in total. The first-order valence-electron chi connectivity index (χ1n) is 15.4. The maximum Gasteiger partial charge on any atom is 0.472 e. The first kappa shape index (κ1) is 37.7. The lowest BCUT2D eigenvalue weighted by molar-refractivity contribution is -0.870. The van der Waals surface area contributed by atoms with E-state index in [0.717, 1.165) is 6.42 Å². The summed E-state index contributed by atoms with van der Waals surface area (Å²) in [6.07, 6.45) is 26.7. The van der Waals surface area contributed by atoms with E-state index in [-0.39, 0.29) is 13.2 Å². The van der Waals surface area contributed by atoms with Gasteiger partial charge in [0.2, 0.25) is 0 Å². The maximum absolute atomic E-state index is 12.0.